The number of halogens is 1. The number of rotatable bonds is 3. The first-order valence-electron chi connectivity index (χ1n) is 6.17. The number of anilines is 1. The minimum atomic E-state index is -0.110. The molecule has 0 spiro atoms. The highest BCUT2D eigenvalue weighted by molar-refractivity contribution is 9.10. The molecule has 0 aliphatic carbocycles. The van der Waals surface area contributed by atoms with Crippen LogP contribution in [0.3, 0.4) is 0 Å². The van der Waals surface area contributed by atoms with Crippen molar-refractivity contribution in [1.82, 2.24) is 15.3 Å². The van der Waals surface area contributed by atoms with Crippen LogP contribution in [0.15, 0.2) is 10.7 Å². The summed E-state index contributed by atoms with van der Waals surface area (Å²) in [6, 6.07) is 1.77. The molecule has 0 radical (unpaired) electrons. The molecule has 1 atom stereocenters. The van der Waals surface area contributed by atoms with Crippen LogP contribution in [0.1, 0.15) is 25.6 Å². The molecule has 2 rings (SSSR count). The summed E-state index contributed by atoms with van der Waals surface area (Å²) in [5.74, 6) is 1.68. The lowest BCUT2D eigenvalue weighted by atomic mass is 10.2. The highest BCUT2D eigenvalue weighted by atomic mass is 79.9. The molecule has 0 bridgehead atoms. The Morgan fingerprint density at radius 3 is 3.06 bits per heavy atom. The van der Waals surface area contributed by atoms with Gasteiger partial charge in [0.25, 0.3) is 0 Å². The first kappa shape index (κ1) is 13.3. The second-order valence-electron chi connectivity index (χ2n) is 4.28. The van der Waals surface area contributed by atoms with E-state index < -0.39 is 0 Å². The number of nitrogens with zero attached hydrogens (tertiary/aromatic N) is 3. The first-order valence-corrected chi connectivity index (χ1v) is 6.96. The Morgan fingerprint density at radius 1 is 1.61 bits per heavy atom. The zero-order valence-corrected chi connectivity index (χ0v) is 12.2. The molecule has 5 nitrogen and oxygen atoms in total. The van der Waals surface area contributed by atoms with Gasteiger partial charge in [0.15, 0.2) is 0 Å². The maximum Gasteiger partial charge on any atom is 0.242 e. The third kappa shape index (κ3) is 2.63. The van der Waals surface area contributed by atoms with Crippen molar-refractivity contribution in [2.24, 2.45) is 0 Å². The Balaban J connectivity index is 2.29. The lowest BCUT2D eigenvalue weighted by Gasteiger charge is -2.24. The summed E-state index contributed by atoms with van der Waals surface area (Å²) >= 11 is 3.40. The van der Waals surface area contributed by atoms with Gasteiger partial charge in [-0.15, -0.1) is 0 Å². The van der Waals surface area contributed by atoms with Crippen molar-refractivity contribution < 1.29 is 4.79 Å². The van der Waals surface area contributed by atoms with Crippen LogP contribution in [0.25, 0.3) is 0 Å². The van der Waals surface area contributed by atoms with Crippen LogP contribution < -0.4 is 10.2 Å². The van der Waals surface area contributed by atoms with Crippen LogP contribution in [-0.4, -0.2) is 35.5 Å². The number of carbonyl (C=O) groups excluding carboxylic acids is 1. The minimum Gasteiger partial charge on any atom is -0.357 e. The van der Waals surface area contributed by atoms with Crippen LogP contribution in [0.4, 0.5) is 5.82 Å². The van der Waals surface area contributed by atoms with E-state index in [-0.39, 0.29) is 11.9 Å². The van der Waals surface area contributed by atoms with Crippen LogP contribution in [-0.2, 0) is 11.2 Å². The van der Waals surface area contributed by atoms with E-state index in [0.717, 1.165) is 42.1 Å². The summed E-state index contributed by atoms with van der Waals surface area (Å²) in [7, 11) is 1.67. The number of carbonyl (C=O) groups is 1. The van der Waals surface area contributed by atoms with Gasteiger partial charge >= 0.3 is 0 Å². The fourth-order valence-corrected chi connectivity index (χ4v) is 2.65. The van der Waals surface area contributed by atoms with Gasteiger partial charge in [-0.2, -0.15) is 0 Å². The summed E-state index contributed by atoms with van der Waals surface area (Å²) in [5, 5.41) is 2.71. The number of aromatic nitrogens is 2. The molecule has 1 saturated heterocycles. The summed E-state index contributed by atoms with van der Waals surface area (Å²) in [6.45, 7) is 2.89. The number of amides is 1. The van der Waals surface area contributed by atoms with E-state index in [1.54, 1.807) is 7.05 Å². The summed E-state index contributed by atoms with van der Waals surface area (Å²) in [4.78, 5) is 22.7. The standard InChI is InChI=1S/C12H17BrN4O/c1-3-10-15-9(13)7-11(16-10)17-6-4-5-8(17)12(18)14-2/h7-8H,3-6H2,1-2H3,(H,14,18). The number of hydrogen-bond acceptors (Lipinski definition) is 4. The predicted octanol–water partition coefficient (Wildman–Crippen LogP) is 1.52. The lowest BCUT2D eigenvalue weighted by molar-refractivity contribution is -0.121. The van der Waals surface area contributed by atoms with Gasteiger partial charge in [0, 0.05) is 26.1 Å². The van der Waals surface area contributed by atoms with E-state index in [9.17, 15) is 4.79 Å². The molecule has 1 N–H and O–H groups in total. The second-order valence-corrected chi connectivity index (χ2v) is 5.10. The van der Waals surface area contributed by atoms with Crippen LogP contribution in [0.5, 0.6) is 0 Å². The lowest BCUT2D eigenvalue weighted by Crippen LogP contribution is -2.42. The maximum atomic E-state index is 11.8. The molecule has 1 amide bonds. The number of hydrogen-bond donors (Lipinski definition) is 1. The number of likely N-dealkylation sites (N-methyl/N-ethyl adjacent to an activating group) is 1. The molecular weight excluding hydrogens is 296 g/mol. The van der Waals surface area contributed by atoms with E-state index >= 15 is 0 Å². The summed E-state index contributed by atoms with van der Waals surface area (Å²) < 4.78 is 0.770. The molecule has 1 aromatic heterocycles. The van der Waals surface area contributed by atoms with E-state index in [0.29, 0.717) is 0 Å². The Hall–Kier alpha value is -1.17. The number of aryl methyl sites for hydroxylation is 1. The second kappa shape index (κ2) is 5.65. The normalized spacial score (nSPS) is 19.1. The predicted molar refractivity (Wildman–Crippen MR) is 73.5 cm³/mol. The summed E-state index contributed by atoms with van der Waals surface area (Å²) in [5.41, 5.74) is 0. The average Bonchev–Trinajstić information content (AvgIpc) is 2.86. The zero-order chi connectivity index (χ0) is 13.1. The molecule has 1 aliphatic rings. The van der Waals surface area contributed by atoms with E-state index in [2.05, 4.69) is 36.1 Å². The van der Waals surface area contributed by atoms with Crippen LogP contribution in [0.2, 0.25) is 0 Å². The topological polar surface area (TPSA) is 58.1 Å². The Bertz CT molecular complexity index is 452. The molecule has 98 valence electrons. The molecule has 1 fully saturated rings. The quantitative estimate of drug-likeness (QED) is 0.860. The van der Waals surface area contributed by atoms with Crippen LogP contribution >= 0.6 is 15.9 Å². The third-order valence-electron chi connectivity index (χ3n) is 3.14. The highest BCUT2D eigenvalue weighted by Crippen LogP contribution is 2.25. The fraction of sp³-hybridized carbons (Fsp3) is 0.583. The molecule has 6 heteroatoms. The summed E-state index contributed by atoms with van der Waals surface area (Å²) in [6.07, 6.45) is 2.68. The molecule has 1 aromatic rings. The van der Waals surface area contributed by atoms with Crippen molar-refractivity contribution >= 4 is 27.7 Å². The van der Waals surface area contributed by atoms with Gasteiger partial charge < -0.3 is 10.2 Å². The molecular formula is C12H17BrN4O. The monoisotopic (exact) mass is 312 g/mol. The van der Waals surface area contributed by atoms with Gasteiger partial charge in [-0.05, 0) is 28.8 Å². The molecule has 0 aromatic carbocycles. The Kier molecular flexibility index (Phi) is 4.16. The Labute approximate surface area is 115 Å². The molecule has 18 heavy (non-hydrogen) atoms. The van der Waals surface area contributed by atoms with Crippen molar-refractivity contribution in [3.63, 3.8) is 0 Å². The number of nitrogens with one attached hydrogen (secondary N) is 1. The van der Waals surface area contributed by atoms with Crippen molar-refractivity contribution in [3.05, 3.63) is 16.5 Å². The van der Waals surface area contributed by atoms with Gasteiger partial charge in [0.2, 0.25) is 5.91 Å². The van der Waals surface area contributed by atoms with Gasteiger partial charge in [-0.3, -0.25) is 4.79 Å². The third-order valence-corrected chi connectivity index (χ3v) is 3.55. The van der Waals surface area contributed by atoms with Gasteiger partial charge in [0.1, 0.15) is 22.3 Å². The van der Waals surface area contributed by atoms with E-state index in [4.69, 9.17) is 0 Å². The van der Waals surface area contributed by atoms with Gasteiger partial charge in [-0.1, -0.05) is 6.92 Å². The highest BCUT2D eigenvalue weighted by Gasteiger charge is 2.31. The molecule has 0 saturated carbocycles. The van der Waals surface area contributed by atoms with Crippen molar-refractivity contribution in [1.29, 1.82) is 0 Å². The smallest absolute Gasteiger partial charge is 0.242 e. The molecule has 2 heterocycles. The minimum absolute atomic E-state index is 0.0558. The van der Waals surface area contributed by atoms with Crippen molar-refractivity contribution in [2.45, 2.75) is 32.2 Å². The van der Waals surface area contributed by atoms with Gasteiger partial charge in [-0.25, -0.2) is 9.97 Å². The largest absolute Gasteiger partial charge is 0.357 e. The maximum absolute atomic E-state index is 11.8. The first-order chi connectivity index (χ1) is 8.65. The van der Waals surface area contributed by atoms with E-state index in [1.165, 1.54) is 0 Å². The van der Waals surface area contributed by atoms with E-state index in [1.807, 2.05) is 13.0 Å². The van der Waals surface area contributed by atoms with Crippen LogP contribution in [0, 0.1) is 0 Å². The fourth-order valence-electron chi connectivity index (χ4n) is 2.24. The Morgan fingerprint density at radius 2 is 2.39 bits per heavy atom. The zero-order valence-electron chi connectivity index (χ0n) is 10.6. The average molecular weight is 313 g/mol. The molecule has 1 aliphatic heterocycles. The van der Waals surface area contributed by atoms with Crippen molar-refractivity contribution in [3.8, 4) is 0 Å². The van der Waals surface area contributed by atoms with Gasteiger partial charge in [0.05, 0.1) is 0 Å². The van der Waals surface area contributed by atoms with Crippen molar-refractivity contribution in [2.75, 3.05) is 18.5 Å². The SMILES string of the molecule is CCc1nc(Br)cc(N2CCCC2C(=O)NC)n1. The molecule has 1 unspecified atom stereocenters.